The number of halogens is 1. The van der Waals surface area contributed by atoms with Crippen LogP contribution in [-0.2, 0) is 14.8 Å². The maximum Gasteiger partial charge on any atom is 0.293 e. The van der Waals surface area contributed by atoms with Gasteiger partial charge < -0.3 is 20.1 Å². The lowest BCUT2D eigenvalue weighted by Crippen LogP contribution is -2.59. The molecule has 12 nitrogen and oxygen atoms in total. The number of ether oxygens (including phenoxy) is 1. The number of nitrogens with zero attached hydrogens (tertiary/aromatic N) is 3. The molecule has 1 unspecified atom stereocenters. The summed E-state index contributed by atoms with van der Waals surface area (Å²) >= 11 is 3.52. The minimum atomic E-state index is -4.43. The third-order valence-electron chi connectivity index (χ3n) is 13.1. The Morgan fingerprint density at radius 3 is 2.47 bits per heavy atom. The molecule has 2 aliphatic heterocycles. The van der Waals surface area contributed by atoms with E-state index in [4.69, 9.17) is 4.74 Å². The molecule has 0 aromatic heterocycles. The van der Waals surface area contributed by atoms with Crippen LogP contribution in [0.25, 0.3) is 0 Å². The minimum absolute atomic E-state index is 0.142. The smallest absolute Gasteiger partial charge is 0.293 e. The Balaban J connectivity index is 0.960. The highest BCUT2D eigenvalue weighted by Crippen LogP contribution is 2.54. The summed E-state index contributed by atoms with van der Waals surface area (Å²) < 4.78 is 35.3. The number of aliphatic hydroxyl groups is 1. The molecule has 2 saturated heterocycles. The van der Waals surface area contributed by atoms with Gasteiger partial charge in [0.1, 0.15) is 5.69 Å². The number of piperidine rings is 1. The number of hydrogen-bond donors (Lipinski definition) is 3. The van der Waals surface area contributed by atoms with Crippen molar-refractivity contribution in [1.29, 1.82) is 0 Å². The first-order valence-corrected chi connectivity index (χ1v) is 22.6. The van der Waals surface area contributed by atoms with Gasteiger partial charge in [-0.2, -0.15) is 0 Å². The van der Waals surface area contributed by atoms with E-state index in [9.17, 15) is 28.4 Å². The lowest BCUT2D eigenvalue weighted by atomic mass is 9.58. The molecule has 4 aliphatic rings. The van der Waals surface area contributed by atoms with E-state index < -0.39 is 32.1 Å². The van der Waals surface area contributed by atoms with Crippen molar-refractivity contribution in [3.63, 3.8) is 0 Å². The van der Waals surface area contributed by atoms with Gasteiger partial charge in [-0.3, -0.25) is 19.8 Å². The van der Waals surface area contributed by atoms with Crippen LogP contribution in [0.3, 0.4) is 0 Å². The summed E-state index contributed by atoms with van der Waals surface area (Å²) in [5.41, 5.74) is 3.31. The zero-order valence-corrected chi connectivity index (χ0v) is 35.8. The van der Waals surface area contributed by atoms with Crippen LogP contribution in [0.1, 0.15) is 113 Å². The molecular weight excluding hydrogens is 810 g/mol. The van der Waals surface area contributed by atoms with Gasteiger partial charge in [-0.15, -0.1) is 0 Å². The molecule has 14 heteroatoms. The number of nitro benzene ring substituents is 1. The summed E-state index contributed by atoms with van der Waals surface area (Å²) in [5, 5.41) is 25.3. The second-order valence-corrected chi connectivity index (χ2v) is 20.1. The van der Waals surface area contributed by atoms with Crippen LogP contribution in [0.15, 0.2) is 70.0 Å². The fourth-order valence-electron chi connectivity index (χ4n) is 9.85. The second kappa shape index (κ2) is 16.6. The first-order valence-electron chi connectivity index (χ1n) is 20.4. The van der Waals surface area contributed by atoms with Crippen LogP contribution in [0.2, 0.25) is 0 Å². The SMILES string of the molecule is CC(C)c1ccccc1[C@@H]1COCCN1C1CC2(CCN(c3ccc(C(=O)NS(=O)(=O)c4ccc(NC[C@H]5CC[C@](C)(O)CC5)c([N+](=O)[O-])c4)c(Br)c3)C(C)C2)C1. The number of sulfonamides is 1. The number of amides is 1. The quantitative estimate of drug-likeness (QED) is 0.127. The zero-order chi connectivity index (χ0) is 40.7. The van der Waals surface area contributed by atoms with Crippen molar-refractivity contribution < 1.29 is 28.0 Å². The molecule has 0 bridgehead atoms. The molecule has 2 atom stereocenters. The predicted molar refractivity (Wildman–Crippen MR) is 225 cm³/mol. The van der Waals surface area contributed by atoms with E-state index in [0.29, 0.717) is 41.2 Å². The molecule has 308 valence electrons. The largest absolute Gasteiger partial charge is 0.390 e. The van der Waals surface area contributed by atoms with Crippen LogP contribution in [-0.4, -0.2) is 79.8 Å². The number of carbonyl (C=O) groups is 1. The van der Waals surface area contributed by atoms with Crippen LogP contribution in [0, 0.1) is 21.4 Å². The van der Waals surface area contributed by atoms with Crippen molar-refractivity contribution in [3.8, 4) is 0 Å². The number of hydrogen-bond acceptors (Lipinski definition) is 10. The van der Waals surface area contributed by atoms with Crippen molar-refractivity contribution >= 4 is 48.9 Å². The summed E-state index contributed by atoms with van der Waals surface area (Å²) in [4.78, 5) is 29.4. The Kier molecular flexibility index (Phi) is 12.1. The van der Waals surface area contributed by atoms with Crippen LogP contribution < -0.4 is 14.9 Å². The van der Waals surface area contributed by atoms with E-state index in [-0.39, 0.29) is 34.1 Å². The van der Waals surface area contributed by atoms with E-state index in [1.807, 2.05) is 19.1 Å². The number of anilines is 2. The summed E-state index contributed by atoms with van der Waals surface area (Å²) in [6, 6.07) is 18.8. The van der Waals surface area contributed by atoms with E-state index in [2.05, 4.69) is 80.8 Å². The van der Waals surface area contributed by atoms with Crippen LogP contribution >= 0.6 is 15.9 Å². The monoisotopic (exact) mass is 865 g/mol. The molecule has 3 aromatic carbocycles. The molecular formula is C43H56BrN5O7S. The molecule has 0 radical (unpaired) electrons. The predicted octanol–water partition coefficient (Wildman–Crippen LogP) is 8.16. The molecule has 57 heavy (non-hydrogen) atoms. The van der Waals surface area contributed by atoms with Gasteiger partial charge >= 0.3 is 0 Å². The Hall–Kier alpha value is -3.56. The summed E-state index contributed by atoms with van der Waals surface area (Å²) in [7, 11) is -4.43. The van der Waals surface area contributed by atoms with Gasteiger partial charge in [0.25, 0.3) is 21.6 Å². The molecule has 2 saturated carbocycles. The lowest BCUT2D eigenvalue weighted by Gasteiger charge is -2.59. The molecule has 2 aliphatic carbocycles. The average molecular weight is 867 g/mol. The second-order valence-electron chi connectivity index (χ2n) is 17.5. The summed E-state index contributed by atoms with van der Waals surface area (Å²) in [5.74, 6) is -0.152. The van der Waals surface area contributed by atoms with Crippen molar-refractivity contribution in [2.24, 2.45) is 11.3 Å². The van der Waals surface area contributed by atoms with Gasteiger partial charge in [0, 0.05) is 47.9 Å². The highest BCUT2D eigenvalue weighted by atomic mass is 79.9. The van der Waals surface area contributed by atoms with Crippen molar-refractivity contribution in [1.82, 2.24) is 9.62 Å². The Bertz CT molecular complexity index is 2080. The minimum Gasteiger partial charge on any atom is -0.390 e. The summed E-state index contributed by atoms with van der Waals surface area (Å²) in [6.07, 6.45) is 7.38. The fourth-order valence-corrected chi connectivity index (χ4v) is 11.4. The molecule has 1 amide bonds. The summed E-state index contributed by atoms with van der Waals surface area (Å²) in [6.45, 7) is 12.4. The highest BCUT2D eigenvalue weighted by molar-refractivity contribution is 9.10. The van der Waals surface area contributed by atoms with E-state index >= 15 is 0 Å². The molecule has 4 fully saturated rings. The van der Waals surface area contributed by atoms with Gasteiger partial charge in [0.15, 0.2) is 0 Å². The zero-order valence-electron chi connectivity index (χ0n) is 33.4. The molecule has 3 N–H and O–H groups in total. The molecule has 1 spiro atoms. The first-order chi connectivity index (χ1) is 27.0. The number of nitro groups is 1. The average Bonchev–Trinajstić information content (AvgIpc) is 3.16. The Morgan fingerprint density at radius 1 is 1.05 bits per heavy atom. The standard InChI is InChI=1S/C43H56BrN5O7S/c1-28(2)34-7-5-6-8-35(34)40-27-56-20-19-48(40)32-24-43(25-32)17-18-47(29(3)23-43)31-9-11-36(37(44)21-31)41(50)46-57(54,55)33-10-12-38(39(22-33)49(52)53)45-26-30-13-15-42(4,51)16-14-30/h5-12,21-22,28-30,32,40,45,51H,13-20,23-27H2,1-4H3,(H,46,50)/t29?,30-,32?,40-,42-,43?/m0/s1. The Labute approximate surface area is 345 Å². The third-order valence-corrected chi connectivity index (χ3v) is 15.1. The normalized spacial score (nSPS) is 28.2. The molecule has 7 rings (SSSR count). The number of carbonyl (C=O) groups excluding carboxylic acids is 1. The maximum absolute atomic E-state index is 13.4. The molecule has 3 aromatic rings. The van der Waals surface area contributed by atoms with Crippen LogP contribution in [0.4, 0.5) is 17.1 Å². The van der Waals surface area contributed by atoms with Crippen molar-refractivity contribution in [3.05, 3.63) is 91.9 Å². The third kappa shape index (κ3) is 9.05. The van der Waals surface area contributed by atoms with Crippen molar-refractivity contribution in [2.75, 3.05) is 43.1 Å². The van der Waals surface area contributed by atoms with Gasteiger partial charge in [-0.25, -0.2) is 13.1 Å². The van der Waals surface area contributed by atoms with Gasteiger partial charge in [-0.1, -0.05) is 38.1 Å². The highest BCUT2D eigenvalue weighted by Gasteiger charge is 2.51. The van der Waals surface area contributed by atoms with Gasteiger partial charge in [0.05, 0.1) is 40.2 Å². The maximum atomic E-state index is 13.4. The number of nitrogens with one attached hydrogen (secondary N) is 2. The number of benzene rings is 3. The topological polar surface area (TPSA) is 154 Å². The first kappa shape index (κ1) is 41.6. The Morgan fingerprint density at radius 2 is 1.79 bits per heavy atom. The fraction of sp³-hybridized carbons (Fsp3) is 0.558. The van der Waals surface area contributed by atoms with Gasteiger partial charge in [0.2, 0.25) is 0 Å². The lowest BCUT2D eigenvalue weighted by molar-refractivity contribution is -0.384. The van der Waals surface area contributed by atoms with Crippen LogP contribution in [0.5, 0.6) is 0 Å². The van der Waals surface area contributed by atoms with E-state index in [0.717, 1.165) is 63.7 Å². The number of morpholine rings is 1. The van der Waals surface area contributed by atoms with Gasteiger partial charge in [-0.05, 0) is 140 Å². The van der Waals surface area contributed by atoms with E-state index in [1.54, 1.807) is 6.07 Å². The number of rotatable bonds is 11. The van der Waals surface area contributed by atoms with E-state index in [1.165, 1.54) is 36.1 Å². The van der Waals surface area contributed by atoms with Crippen molar-refractivity contribution in [2.45, 2.75) is 114 Å². The molecule has 2 heterocycles.